The van der Waals surface area contributed by atoms with Crippen molar-refractivity contribution >= 4 is 33.1 Å². The fraction of sp³-hybridized carbons (Fsp3) is 0.297. The molecule has 3 unspecified atom stereocenters. The van der Waals surface area contributed by atoms with Gasteiger partial charge in [-0.2, -0.15) is 0 Å². The lowest BCUT2D eigenvalue weighted by Crippen LogP contribution is -2.43. The summed E-state index contributed by atoms with van der Waals surface area (Å²) in [7, 11) is -3.62. The highest BCUT2D eigenvalue weighted by atomic mass is 32.2. The van der Waals surface area contributed by atoms with E-state index in [1.54, 1.807) is 36.5 Å². The van der Waals surface area contributed by atoms with Crippen LogP contribution in [0.25, 0.3) is 0 Å². The SMILES string of the molecule is C=C(C)S(=O)(=O)Nc1ccc(Oc2ccc(CC([O-])CC3CCCC(N(C(=O)Nc4ccccc4)c4ccccc4)CC3)cn2)cc1. The molecule has 3 aromatic carbocycles. The van der Waals surface area contributed by atoms with Crippen molar-refractivity contribution in [1.29, 1.82) is 0 Å². The molecule has 2 amide bonds. The van der Waals surface area contributed by atoms with Gasteiger partial charge in [0.2, 0.25) is 5.88 Å². The molecule has 2 N–H and O–H groups in total. The molecule has 10 heteroatoms. The number of carbonyl (C=O) groups excluding carboxylic acids is 1. The molecule has 1 fully saturated rings. The topological polar surface area (TPSA) is 124 Å². The highest BCUT2D eigenvalue weighted by Crippen LogP contribution is 2.32. The van der Waals surface area contributed by atoms with Crippen LogP contribution in [0.4, 0.5) is 21.9 Å². The van der Waals surface area contributed by atoms with Gasteiger partial charge in [0, 0.05) is 35.4 Å². The number of nitrogens with one attached hydrogen (secondary N) is 2. The second-order valence-corrected chi connectivity index (χ2v) is 13.9. The highest BCUT2D eigenvalue weighted by molar-refractivity contribution is 7.96. The second kappa shape index (κ2) is 15.8. The van der Waals surface area contributed by atoms with Gasteiger partial charge in [-0.25, -0.2) is 18.2 Å². The van der Waals surface area contributed by atoms with Crippen molar-refractivity contribution < 1.29 is 23.1 Å². The van der Waals surface area contributed by atoms with Crippen molar-refractivity contribution in [3.63, 3.8) is 0 Å². The third kappa shape index (κ3) is 9.67. The number of hydrogen-bond acceptors (Lipinski definition) is 6. The summed E-state index contributed by atoms with van der Waals surface area (Å²) >= 11 is 0. The van der Waals surface area contributed by atoms with Crippen molar-refractivity contribution in [2.75, 3.05) is 14.9 Å². The quantitative estimate of drug-likeness (QED) is 0.153. The molecule has 4 aromatic rings. The van der Waals surface area contributed by atoms with Crippen molar-refractivity contribution in [2.24, 2.45) is 5.92 Å². The van der Waals surface area contributed by atoms with E-state index in [4.69, 9.17) is 4.74 Å². The maximum absolute atomic E-state index is 13.5. The van der Waals surface area contributed by atoms with E-state index in [1.165, 1.54) is 6.92 Å². The molecule has 1 aliphatic carbocycles. The van der Waals surface area contributed by atoms with Crippen molar-refractivity contribution in [1.82, 2.24) is 4.98 Å². The van der Waals surface area contributed by atoms with Crippen LogP contribution in [0.15, 0.2) is 115 Å². The van der Waals surface area contributed by atoms with Crippen LogP contribution < -0.4 is 24.8 Å². The summed E-state index contributed by atoms with van der Waals surface area (Å²) in [6.07, 6.45) is 6.40. The van der Waals surface area contributed by atoms with Crippen LogP contribution in [-0.4, -0.2) is 31.6 Å². The van der Waals surface area contributed by atoms with Crippen molar-refractivity contribution in [3.05, 3.63) is 120 Å². The Bertz CT molecular complexity index is 1720. The number of urea groups is 1. The molecular formula is C37H41N4O5S-. The van der Waals surface area contributed by atoms with Gasteiger partial charge < -0.3 is 15.2 Å². The first-order chi connectivity index (χ1) is 22.7. The van der Waals surface area contributed by atoms with Gasteiger partial charge in [0.05, 0.1) is 4.91 Å². The number of aromatic nitrogens is 1. The average molecular weight is 654 g/mol. The van der Waals surface area contributed by atoms with E-state index in [1.807, 2.05) is 71.6 Å². The number of amides is 2. The van der Waals surface area contributed by atoms with E-state index in [0.717, 1.165) is 49.0 Å². The number of pyridine rings is 1. The van der Waals surface area contributed by atoms with E-state index in [0.29, 0.717) is 36.1 Å². The number of benzene rings is 3. The minimum atomic E-state index is -3.62. The largest absolute Gasteiger partial charge is 0.852 e. The van der Waals surface area contributed by atoms with E-state index in [2.05, 4.69) is 21.6 Å². The molecule has 0 bridgehead atoms. The molecule has 0 radical (unpaired) electrons. The summed E-state index contributed by atoms with van der Waals surface area (Å²) in [6, 6.07) is 29.3. The number of carbonyl (C=O) groups is 1. The molecule has 1 heterocycles. The van der Waals surface area contributed by atoms with Gasteiger partial charge >= 0.3 is 6.03 Å². The van der Waals surface area contributed by atoms with Crippen LogP contribution in [0, 0.1) is 5.92 Å². The first kappa shape index (κ1) is 33.7. The number of ether oxygens (including phenoxy) is 1. The molecule has 0 aliphatic heterocycles. The summed E-state index contributed by atoms with van der Waals surface area (Å²) in [4.78, 5) is 19.8. The van der Waals surface area contributed by atoms with Crippen molar-refractivity contribution in [3.8, 4) is 11.6 Å². The number of rotatable bonds is 12. The smallest absolute Gasteiger partial charge is 0.326 e. The molecule has 0 saturated heterocycles. The van der Waals surface area contributed by atoms with E-state index < -0.39 is 16.1 Å². The van der Waals surface area contributed by atoms with Crippen LogP contribution >= 0.6 is 0 Å². The molecule has 1 aliphatic rings. The Labute approximate surface area is 277 Å². The first-order valence-corrected chi connectivity index (χ1v) is 17.4. The fourth-order valence-corrected chi connectivity index (χ4v) is 6.53. The van der Waals surface area contributed by atoms with Gasteiger partial charge in [-0.3, -0.25) is 9.62 Å². The molecule has 1 aromatic heterocycles. The summed E-state index contributed by atoms with van der Waals surface area (Å²) in [5, 5.41) is 16.2. The molecule has 1 saturated carbocycles. The highest BCUT2D eigenvalue weighted by Gasteiger charge is 2.28. The first-order valence-electron chi connectivity index (χ1n) is 15.9. The predicted molar refractivity (Wildman–Crippen MR) is 185 cm³/mol. The normalized spacial score (nSPS) is 17.1. The van der Waals surface area contributed by atoms with Crippen LogP contribution in [0.2, 0.25) is 0 Å². The molecule has 246 valence electrons. The zero-order valence-corrected chi connectivity index (χ0v) is 27.4. The summed E-state index contributed by atoms with van der Waals surface area (Å²) < 4.78 is 32.2. The van der Waals surface area contributed by atoms with Gasteiger partial charge in [-0.15, -0.1) is 6.10 Å². The Balaban J connectivity index is 1.13. The Kier molecular flexibility index (Phi) is 11.3. The fourth-order valence-electron chi connectivity index (χ4n) is 5.90. The van der Waals surface area contributed by atoms with Gasteiger partial charge in [0.1, 0.15) is 5.75 Å². The van der Waals surface area contributed by atoms with Gasteiger partial charge in [-0.05, 0) is 92.6 Å². The number of hydrogen-bond donors (Lipinski definition) is 2. The maximum atomic E-state index is 13.5. The van der Waals surface area contributed by atoms with E-state index >= 15 is 0 Å². The Morgan fingerprint density at radius 3 is 2.30 bits per heavy atom. The third-order valence-corrected chi connectivity index (χ3v) is 9.77. The number of para-hydroxylation sites is 2. The summed E-state index contributed by atoms with van der Waals surface area (Å²) in [5.74, 6) is 1.18. The number of anilines is 3. The third-order valence-electron chi connectivity index (χ3n) is 8.35. The molecule has 9 nitrogen and oxygen atoms in total. The Hall–Kier alpha value is -4.67. The minimum absolute atomic E-state index is 0.0288. The van der Waals surface area contributed by atoms with E-state index in [9.17, 15) is 18.3 Å². The molecule has 3 atom stereocenters. The van der Waals surface area contributed by atoms with Gasteiger partial charge in [-0.1, -0.05) is 68.3 Å². The summed E-state index contributed by atoms with van der Waals surface area (Å²) in [6.45, 7) is 4.90. The maximum Gasteiger partial charge on any atom is 0.326 e. The number of allylic oxidation sites excluding steroid dienone is 1. The van der Waals surface area contributed by atoms with Gasteiger partial charge in [0.25, 0.3) is 10.0 Å². The second-order valence-electron chi connectivity index (χ2n) is 12.0. The molecular weight excluding hydrogens is 612 g/mol. The zero-order valence-electron chi connectivity index (χ0n) is 26.5. The average Bonchev–Trinajstić information content (AvgIpc) is 3.29. The lowest BCUT2D eigenvalue weighted by atomic mass is 9.91. The predicted octanol–water partition coefficient (Wildman–Crippen LogP) is 7.50. The van der Waals surface area contributed by atoms with Crippen LogP contribution in [0.1, 0.15) is 51.0 Å². The Morgan fingerprint density at radius 1 is 0.936 bits per heavy atom. The monoisotopic (exact) mass is 653 g/mol. The molecule has 5 rings (SSSR count). The van der Waals surface area contributed by atoms with Gasteiger partial charge in [0.15, 0.2) is 0 Å². The summed E-state index contributed by atoms with van der Waals surface area (Å²) in [5.41, 5.74) is 2.88. The number of nitrogens with zero attached hydrogens (tertiary/aromatic N) is 2. The minimum Gasteiger partial charge on any atom is -0.852 e. The standard InChI is InChI=1S/C37H41N4O5S/c1-27(2)47(44,45)40-31-18-21-35(22-19-31)46-36-23-17-29(26-38-36)25-34(42)24-28-10-9-15-33(20-16-28)41(32-13-7-4-8-14-32)37(43)39-30-11-5-3-6-12-30/h3-8,11-14,17-19,21-23,26,28,33-34,40H,1,9-10,15-16,20,24-25H2,2H3,(H,39,43)/q-1. The van der Waals surface area contributed by atoms with Crippen LogP contribution in [-0.2, 0) is 16.4 Å². The number of sulfonamides is 1. The lowest BCUT2D eigenvalue weighted by molar-refractivity contribution is -0.422. The van der Waals surface area contributed by atoms with Crippen molar-refractivity contribution in [2.45, 2.75) is 64.0 Å². The Morgan fingerprint density at radius 2 is 1.64 bits per heavy atom. The van der Waals surface area contributed by atoms with E-state index in [-0.39, 0.29) is 17.0 Å². The molecule has 47 heavy (non-hydrogen) atoms. The molecule has 0 spiro atoms. The van der Waals surface area contributed by atoms with Crippen LogP contribution in [0.3, 0.4) is 0 Å². The lowest BCUT2D eigenvalue weighted by Gasteiger charge is -2.32. The zero-order chi connectivity index (χ0) is 33.2. The van der Waals surface area contributed by atoms with Crippen LogP contribution in [0.5, 0.6) is 11.6 Å².